The summed E-state index contributed by atoms with van der Waals surface area (Å²) in [6.45, 7) is 6.90. The molecule has 0 aromatic heterocycles. The lowest BCUT2D eigenvalue weighted by Crippen LogP contribution is -2.15. The second kappa shape index (κ2) is 7.87. The Kier molecular flexibility index (Phi) is 6.14. The van der Waals surface area contributed by atoms with E-state index in [0.717, 1.165) is 24.7 Å². The molecule has 1 aliphatic carbocycles. The number of methoxy groups -OCH3 is 1. The Balaban J connectivity index is 2.18. The van der Waals surface area contributed by atoms with E-state index in [1.807, 2.05) is 7.11 Å². The van der Waals surface area contributed by atoms with E-state index in [9.17, 15) is 0 Å². The van der Waals surface area contributed by atoms with Crippen LogP contribution in [0.5, 0.6) is 5.75 Å². The molecular formula is C20H32O. The van der Waals surface area contributed by atoms with Crippen molar-refractivity contribution in [1.82, 2.24) is 0 Å². The Bertz CT molecular complexity index is 441. The molecule has 0 radical (unpaired) electrons. The average Bonchev–Trinajstić information content (AvgIpc) is 2.50. The van der Waals surface area contributed by atoms with Gasteiger partial charge in [-0.15, -0.1) is 0 Å². The summed E-state index contributed by atoms with van der Waals surface area (Å²) >= 11 is 0. The van der Waals surface area contributed by atoms with E-state index in [0.29, 0.717) is 0 Å². The molecular weight excluding hydrogens is 256 g/mol. The zero-order chi connectivity index (χ0) is 15.2. The van der Waals surface area contributed by atoms with Crippen molar-refractivity contribution >= 4 is 0 Å². The summed E-state index contributed by atoms with van der Waals surface area (Å²) in [5.74, 6) is 2.99. The minimum Gasteiger partial charge on any atom is -0.496 e. The maximum absolute atomic E-state index is 5.77. The highest BCUT2D eigenvalue weighted by molar-refractivity contribution is 5.47. The van der Waals surface area contributed by atoms with Crippen molar-refractivity contribution in [2.45, 2.75) is 72.1 Å². The highest BCUT2D eigenvalue weighted by Crippen LogP contribution is 2.34. The molecule has 1 aliphatic rings. The molecule has 0 unspecified atom stereocenters. The molecule has 0 N–H and O–H groups in total. The lowest BCUT2D eigenvalue weighted by Gasteiger charge is -2.27. The second-order valence-corrected chi connectivity index (χ2v) is 6.83. The molecule has 1 fully saturated rings. The van der Waals surface area contributed by atoms with Gasteiger partial charge in [0.15, 0.2) is 0 Å². The molecule has 2 rings (SSSR count). The first kappa shape index (κ1) is 16.4. The van der Waals surface area contributed by atoms with Crippen molar-refractivity contribution < 1.29 is 4.74 Å². The smallest absolute Gasteiger partial charge is 0.125 e. The fourth-order valence-corrected chi connectivity index (χ4v) is 3.86. The summed E-state index contributed by atoms with van der Waals surface area (Å²) in [6.07, 6.45) is 10.3. The zero-order valence-corrected chi connectivity index (χ0v) is 14.4. The van der Waals surface area contributed by atoms with Crippen LogP contribution in [0.4, 0.5) is 0 Å². The van der Waals surface area contributed by atoms with Crippen molar-refractivity contribution in [2.24, 2.45) is 11.8 Å². The van der Waals surface area contributed by atoms with Gasteiger partial charge in [0, 0.05) is 0 Å². The van der Waals surface area contributed by atoms with Crippen molar-refractivity contribution in [1.29, 1.82) is 0 Å². The monoisotopic (exact) mass is 288 g/mol. The van der Waals surface area contributed by atoms with Crippen LogP contribution < -0.4 is 4.74 Å². The Hall–Kier alpha value is -0.980. The molecule has 0 spiro atoms. The third kappa shape index (κ3) is 4.02. The largest absolute Gasteiger partial charge is 0.496 e. The number of benzene rings is 1. The number of ether oxygens (including phenoxy) is 1. The molecule has 0 saturated heterocycles. The third-order valence-corrected chi connectivity index (χ3v) is 5.16. The van der Waals surface area contributed by atoms with E-state index >= 15 is 0 Å². The lowest BCUT2D eigenvalue weighted by atomic mass is 9.79. The first-order valence-corrected chi connectivity index (χ1v) is 8.87. The number of hydrogen-bond acceptors (Lipinski definition) is 1. The van der Waals surface area contributed by atoms with Crippen LogP contribution in [0.2, 0.25) is 0 Å². The van der Waals surface area contributed by atoms with Gasteiger partial charge in [0.1, 0.15) is 5.75 Å². The van der Waals surface area contributed by atoms with E-state index in [4.69, 9.17) is 4.74 Å². The highest BCUT2D eigenvalue weighted by Gasteiger charge is 2.21. The molecule has 1 nitrogen and oxygen atoms in total. The van der Waals surface area contributed by atoms with Crippen LogP contribution in [0, 0.1) is 11.8 Å². The molecule has 118 valence electrons. The van der Waals surface area contributed by atoms with Gasteiger partial charge in [-0.2, -0.15) is 0 Å². The van der Waals surface area contributed by atoms with Gasteiger partial charge < -0.3 is 4.74 Å². The quantitative estimate of drug-likeness (QED) is 0.664. The SMILES string of the molecule is CCCc1ccc(CC2CCC(C)CC2)c(CC)c1OC. The fourth-order valence-electron chi connectivity index (χ4n) is 3.86. The van der Waals surface area contributed by atoms with Gasteiger partial charge in [-0.3, -0.25) is 0 Å². The van der Waals surface area contributed by atoms with E-state index in [1.54, 1.807) is 0 Å². The Morgan fingerprint density at radius 2 is 1.71 bits per heavy atom. The second-order valence-electron chi connectivity index (χ2n) is 6.83. The van der Waals surface area contributed by atoms with Crippen LogP contribution in [0.3, 0.4) is 0 Å². The Morgan fingerprint density at radius 1 is 1.05 bits per heavy atom. The van der Waals surface area contributed by atoms with Gasteiger partial charge >= 0.3 is 0 Å². The summed E-state index contributed by atoms with van der Waals surface area (Å²) < 4.78 is 5.77. The maximum Gasteiger partial charge on any atom is 0.125 e. The molecule has 0 heterocycles. The predicted octanol–water partition coefficient (Wildman–Crippen LogP) is 5.58. The average molecular weight is 288 g/mol. The van der Waals surface area contributed by atoms with Gasteiger partial charge in [-0.05, 0) is 60.6 Å². The van der Waals surface area contributed by atoms with Crippen LogP contribution in [0.25, 0.3) is 0 Å². The minimum atomic E-state index is 0.883. The molecule has 1 aromatic rings. The molecule has 0 atom stereocenters. The van der Waals surface area contributed by atoms with Gasteiger partial charge in [-0.1, -0.05) is 52.2 Å². The van der Waals surface area contributed by atoms with Crippen molar-refractivity contribution in [3.63, 3.8) is 0 Å². The first-order valence-electron chi connectivity index (χ1n) is 8.87. The van der Waals surface area contributed by atoms with Crippen molar-refractivity contribution in [3.05, 3.63) is 28.8 Å². The predicted molar refractivity (Wildman–Crippen MR) is 91.2 cm³/mol. The molecule has 1 saturated carbocycles. The van der Waals surface area contributed by atoms with Gasteiger partial charge in [0.2, 0.25) is 0 Å². The fraction of sp³-hybridized carbons (Fsp3) is 0.700. The Labute approximate surface area is 131 Å². The standard InChI is InChI=1S/C20H32O/c1-5-7-17-12-13-18(19(6-2)20(17)21-4)14-16-10-8-15(3)9-11-16/h12-13,15-16H,5-11,14H2,1-4H3. The summed E-state index contributed by atoms with van der Waals surface area (Å²) in [5, 5.41) is 0. The van der Waals surface area contributed by atoms with E-state index in [-0.39, 0.29) is 0 Å². The minimum absolute atomic E-state index is 0.883. The maximum atomic E-state index is 5.77. The number of hydrogen-bond donors (Lipinski definition) is 0. The highest BCUT2D eigenvalue weighted by atomic mass is 16.5. The first-order chi connectivity index (χ1) is 10.2. The van der Waals surface area contributed by atoms with Crippen molar-refractivity contribution in [2.75, 3.05) is 7.11 Å². The van der Waals surface area contributed by atoms with Gasteiger partial charge in [0.25, 0.3) is 0 Å². The molecule has 21 heavy (non-hydrogen) atoms. The summed E-state index contributed by atoms with van der Waals surface area (Å²) in [4.78, 5) is 0. The van der Waals surface area contributed by atoms with E-state index in [2.05, 4.69) is 32.9 Å². The summed E-state index contributed by atoms with van der Waals surface area (Å²) in [6, 6.07) is 4.69. The molecule has 0 amide bonds. The van der Waals surface area contributed by atoms with Crippen LogP contribution in [0.1, 0.15) is 69.6 Å². The van der Waals surface area contributed by atoms with E-state index in [1.165, 1.54) is 61.0 Å². The molecule has 1 heteroatoms. The summed E-state index contributed by atoms with van der Waals surface area (Å²) in [7, 11) is 1.83. The molecule has 1 aromatic carbocycles. The van der Waals surface area contributed by atoms with Crippen molar-refractivity contribution in [3.8, 4) is 5.75 Å². The van der Waals surface area contributed by atoms with Gasteiger partial charge in [0.05, 0.1) is 7.11 Å². The van der Waals surface area contributed by atoms with E-state index < -0.39 is 0 Å². The molecule has 0 bridgehead atoms. The van der Waals surface area contributed by atoms with Crippen LogP contribution in [0.15, 0.2) is 12.1 Å². The van der Waals surface area contributed by atoms with Gasteiger partial charge in [-0.25, -0.2) is 0 Å². The molecule has 0 aliphatic heterocycles. The van der Waals surface area contributed by atoms with Crippen LogP contribution in [-0.2, 0) is 19.3 Å². The Morgan fingerprint density at radius 3 is 2.29 bits per heavy atom. The third-order valence-electron chi connectivity index (χ3n) is 5.16. The normalized spacial score (nSPS) is 22.3. The lowest BCUT2D eigenvalue weighted by molar-refractivity contribution is 0.288. The van der Waals surface area contributed by atoms with Crippen LogP contribution >= 0.6 is 0 Å². The zero-order valence-electron chi connectivity index (χ0n) is 14.4. The summed E-state index contributed by atoms with van der Waals surface area (Å²) in [5.41, 5.74) is 4.38. The number of rotatable bonds is 6. The van der Waals surface area contributed by atoms with Crippen LogP contribution in [-0.4, -0.2) is 7.11 Å². The number of aryl methyl sites for hydroxylation is 1. The topological polar surface area (TPSA) is 9.23 Å².